The molecule has 0 saturated carbocycles. The number of rotatable bonds is 1. The van der Waals surface area contributed by atoms with Crippen LogP contribution in [-0.2, 0) is 6.42 Å². The van der Waals surface area contributed by atoms with Crippen LogP contribution in [0.5, 0.6) is 0 Å². The zero-order chi connectivity index (χ0) is 7.98. The van der Waals surface area contributed by atoms with Gasteiger partial charge in [-0.1, -0.05) is 20.8 Å². The van der Waals surface area contributed by atoms with Gasteiger partial charge in [0.05, 0.1) is 0 Å². The van der Waals surface area contributed by atoms with Gasteiger partial charge in [-0.05, 0) is 22.4 Å². The van der Waals surface area contributed by atoms with Crippen LogP contribution in [0, 0.1) is 0 Å². The van der Waals surface area contributed by atoms with Gasteiger partial charge in [-0.2, -0.15) is 0 Å². The van der Waals surface area contributed by atoms with Gasteiger partial charge < -0.3 is 0 Å². The molecule has 1 rings (SSSR count). The molecular weight excluding hydrogens is 210 g/mol. The van der Waals surface area contributed by atoms with Gasteiger partial charge in [0.25, 0.3) is 0 Å². The first kappa shape index (κ1) is 10.1. The van der Waals surface area contributed by atoms with Gasteiger partial charge in [-0.15, -0.1) is 11.3 Å². The summed E-state index contributed by atoms with van der Waals surface area (Å²) in [6, 6.07) is 0. The summed E-state index contributed by atoms with van der Waals surface area (Å²) in [6.07, 6.45) is 2.98. The fourth-order valence-electron chi connectivity index (χ4n) is 0.447. The molecule has 1 nitrogen and oxygen atoms in total. The Morgan fingerprint density at radius 2 is 2.20 bits per heavy atom. The topological polar surface area (TPSA) is 12.9 Å². The van der Waals surface area contributed by atoms with E-state index in [1.165, 1.54) is 4.88 Å². The molecule has 0 amide bonds. The first-order valence-electron chi connectivity index (χ1n) is 3.43. The monoisotopic (exact) mass is 221 g/mol. The minimum atomic E-state index is 0.981. The smallest absolute Gasteiger partial charge is 0.159 e. The molecule has 0 aromatic carbocycles. The Morgan fingerprint density at radius 3 is 2.40 bits per heavy atom. The first-order valence-corrected chi connectivity index (χ1v) is 5.04. The molecule has 0 spiro atoms. The highest BCUT2D eigenvalue weighted by molar-refractivity contribution is 9.11. The number of hydrogen-bond acceptors (Lipinski definition) is 2. The van der Waals surface area contributed by atoms with E-state index in [1.54, 1.807) is 11.3 Å². The predicted molar refractivity (Wildman–Crippen MR) is 50.5 cm³/mol. The zero-order valence-electron chi connectivity index (χ0n) is 6.52. The van der Waals surface area contributed by atoms with Gasteiger partial charge in [0.1, 0.15) is 0 Å². The molecule has 3 heteroatoms. The lowest BCUT2D eigenvalue weighted by Gasteiger charge is -1.77. The highest BCUT2D eigenvalue weighted by Crippen LogP contribution is 2.17. The van der Waals surface area contributed by atoms with Gasteiger partial charge in [-0.3, -0.25) is 0 Å². The van der Waals surface area contributed by atoms with Crippen LogP contribution >= 0.6 is 27.3 Å². The third kappa shape index (κ3) is 3.32. The van der Waals surface area contributed by atoms with Crippen molar-refractivity contribution in [1.29, 1.82) is 0 Å². The molecule has 0 unspecified atom stereocenters. The number of halogens is 1. The number of aromatic nitrogens is 1. The SMILES string of the molecule is CC.CCc1cnc(Br)s1. The Morgan fingerprint density at radius 1 is 1.60 bits per heavy atom. The standard InChI is InChI=1S/C5H6BrNS.C2H6/c1-2-4-3-7-5(6)8-4;1-2/h3H,2H2,1H3;1-2H3. The Labute approximate surface area is 74.6 Å². The molecule has 0 fully saturated rings. The molecular formula is C7H12BrNS. The van der Waals surface area contributed by atoms with Crippen molar-refractivity contribution in [1.82, 2.24) is 4.98 Å². The average molecular weight is 222 g/mol. The van der Waals surface area contributed by atoms with Crippen LogP contribution < -0.4 is 0 Å². The van der Waals surface area contributed by atoms with E-state index in [2.05, 4.69) is 27.8 Å². The van der Waals surface area contributed by atoms with E-state index >= 15 is 0 Å². The largest absolute Gasteiger partial charge is 0.237 e. The third-order valence-corrected chi connectivity index (χ3v) is 2.49. The minimum Gasteiger partial charge on any atom is -0.237 e. The van der Waals surface area contributed by atoms with E-state index in [0.717, 1.165) is 10.3 Å². The van der Waals surface area contributed by atoms with Crippen LogP contribution in [0.2, 0.25) is 0 Å². The fraction of sp³-hybridized carbons (Fsp3) is 0.571. The lowest BCUT2D eigenvalue weighted by molar-refractivity contribution is 1.17. The van der Waals surface area contributed by atoms with Crippen LogP contribution in [0.4, 0.5) is 0 Å². The van der Waals surface area contributed by atoms with E-state index in [9.17, 15) is 0 Å². The first-order chi connectivity index (χ1) is 4.83. The number of hydrogen-bond donors (Lipinski definition) is 0. The van der Waals surface area contributed by atoms with Crippen molar-refractivity contribution in [3.05, 3.63) is 15.0 Å². The molecule has 0 radical (unpaired) electrons. The van der Waals surface area contributed by atoms with Crippen molar-refractivity contribution in [2.75, 3.05) is 0 Å². The summed E-state index contributed by atoms with van der Waals surface area (Å²) in [7, 11) is 0. The molecule has 58 valence electrons. The average Bonchev–Trinajstić information content (AvgIpc) is 2.40. The minimum absolute atomic E-state index is 0.981. The second-order valence-corrected chi connectivity index (χ2v) is 3.82. The Bertz CT molecular complexity index is 174. The van der Waals surface area contributed by atoms with Gasteiger partial charge in [0.15, 0.2) is 3.92 Å². The van der Waals surface area contributed by atoms with Crippen molar-refractivity contribution >= 4 is 27.3 Å². The molecule has 0 aliphatic rings. The molecule has 0 N–H and O–H groups in total. The van der Waals surface area contributed by atoms with Gasteiger partial charge in [-0.25, -0.2) is 4.98 Å². The summed E-state index contributed by atoms with van der Waals surface area (Å²) in [5.41, 5.74) is 0. The Kier molecular flexibility index (Phi) is 5.93. The van der Waals surface area contributed by atoms with Crippen LogP contribution in [0.25, 0.3) is 0 Å². The van der Waals surface area contributed by atoms with Crippen LogP contribution in [0.3, 0.4) is 0 Å². The maximum atomic E-state index is 4.02. The van der Waals surface area contributed by atoms with Crippen molar-refractivity contribution in [2.45, 2.75) is 27.2 Å². The second-order valence-electron chi connectivity index (χ2n) is 1.43. The molecule has 0 saturated heterocycles. The third-order valence-electron chi connectivity index (χ3n) is 0.874. The molecule has 1 aromatic rings. The quantitative estimate of drug-likeness (QED) is 0.708. The molecule has 0 aliphatic heterocycles. The molecule has 0 atom stereocenters. The highest BCUT2D eigenvalue weighted by atomic mass is 79.9. The summed E-state index contributed by atoms with van der Waals surface area (Å²) < 4.78 is 0.981. The summed E-state index contributed by atoms with van der Waals surface area (Å²) in [5.74, 6) is 0. The number of aryl methyl sites for hydroxylation is 1. The van der Waals surface area contributed by atoms with Crippen LogP contribution in [-0.4, -0.2) is 4.98 Å². The normalized spacial score (nSPS) is 8.40. The summed E-state index contributed by atoms with van der Waals surface area (Å²) in [4.78, 5) is 5.35. The van der Waals surface area contributed by atoms with E-state index in [4.69, 9.17) is 0 Å². The Hall–Kier alpha value is 0.110. The number of nitrogens with zero attached hydrogens (tertiary/aromatic N) is 1. The number of thiazole rings is 1. The molecule has 0 aliphatic carbocycles. The second kappa shape index (κ2) is 5.86. The van der Waals surface area contributed by atoms with Gasteiger partial charge in [0.2, 0.25) is 0 Å². The van der Waals surface area contributed by atoms with E-state index < -0.39 is 0 Å². The Balaban J connectivity index is 0.000000371. The molecule has 10 heavy (non-hydrogen) atoms. The van der Waals surface area contributed by atoms with E-state index in [0.29, 0.717) is 0 Å². The zero-order valence-corrected chi connectivity index (χ0v) is 8.92. The van der Waals surface area contributed by atoms with Gasteiger partial charge in [0, 0.05) is 11.1 Å². The van der Waals surface area contributed by atoms with E-state index in [-0.39, 0.29) is 0 Å². The fourth-order valence-corrected chi connectivity index (χ4v) is 1.74. The van der Waals surface area contributed by atoms with Crippen molar-refractivity contribution < 1.29 is 0 Å². The van der Waals surface area contributed by atoms with E-state index in [1.807, 2.05) is 20.0 Å². The summed E-state index contributed by atoms with van der Waals surface area (Å²) >= 11 is 4.97. The maximum Gasteiger partial charge on any atom is 0.159 e. The van der Waals surface area contributed by atoms with Crippen molar-refractivity contribution in [3.8, 4) is 0 Å². The maximum absolute atomic E-state index is 4.02. The molecule has 1 heterocycles. The van der Waals surface area contributed by atoms with Crippen molar-refractivity contribution in [3.63, 3.8) is 0 Å². The molecule has 0 bridgehead atoms. The lowest BCUT2D eigenvalue weighted by Crippen LogP contribution is -1.64. The molecule has 1 aromatic heterocycles. The van der Waals surface area contributed by atoms with Crippen LogP contribution in [0.15, 0.2) is 10.1 Å². The van der Waals surface area contributed by atoms with Gasteiger partial charge >= 0.3 is 0 Å². The van der Waals surface area contributed by atoms with Crippen LogP contribution in [0.1, 0.15) is 25.6 Å². The summed E-state index contributed by atoms with van der Waals surface area (Å²) in [6.45, 7) is 6.12. The van der Waals surface area contributed by atoms with Crippen molar-refractivity contribution in [2.24, 2.45) is 0 Å². The summed E-state index contributed by atoms with van der Waals surface area (Å²) in [5, 5.41) is 0. The lowest BCUT2D eigenvalue weighted by atomic mass is 10.4. The predicted octanol–water partition coefficient (Wildman–Crippen LogP) is 3.49. The highest BCUT2D eigenvalue weighted by Gasteiger charge is 1.92.